The number of aromatic nitrogens is 1. The first-order chi connectivity index (χ1) is 8.17. The Labute approximate surface area is 107 Å². The molecule has 0 saturated heterocycles. The number of carbonyl (C=O) groups excluding carboxylic acids is 1. The smallest absolute Gasteiger partial charge is 0.270 e. The van der Waals surface area contributed by atoms with Crippen molar-refractivity contribution in [2.75, 3.05) is 23.9 Å². The zero-order valence-corrected chi connectivity index (χ0v) is 11.3. The zero-order chi connectivity index (χ0) is 12.7. The van der Waals surface area contributed by atoms with E-state index in [9.17, 15) is 4.79 Å². The van der Waals surface area contributed by atoms with Crippen LogP contribution in [0.15, 0.2) is 18.3 Å². The van der Waals surface area contributed by atoms with Gasteiger partial charge in [0.25, 0.3) is 5.91 Å². The van der Waals surface area contributed by atoms with Gasteiger partial charge in [0.15, 0.2) is 0 Å². The molecule has 1 unspecified atom stereocenters. The van der Waals surface area contributed by atoms with Gasteiger partial charge in [0.1, 0.15) is 5.69 Å². The summed E-state index contributed by atoms with van der Waals surface area (Å²) < 4.78 is 0. The van der Waals surface area contributed by atoms with Crippen LogP contribution in [0.3, 0.4) is 0 Å². The number of hydrogen-bond donors (Lipinski definition) is 2. The van der Waals surface area contributed by atoms with E-state index in [0.717, 1.165) is 18.0 Å². The molecule has 1 rings (SSSR count). The van der Waals surface area contributed by atoms with Crippen molar-refractivity contribution in [2.45, 2.75) is 19.9 Å². The van der Waals surface area contributed by atoms with E-state index in [4.69, 9.17) is 0 Å². The number of amides is 1. The first kappa shape index (κ1) is 13.8. The van der Waals surface area contributed by atoms with E-state index < -0.39 is 0 Å². The highest BCUT2D eigenvalue weighted by molar-refractivity contribution is 7.98. The molecule has 0 aliphatic rings. The molecule has 5 heteroatoms. The lowest BCUT2D eigenvalue weighted by Crippen LogP contribution is -2.34. The number of nitrogens with zero attached hydrogens (tertiary/aromatic N) is 1. The van der Waals surface area contributed by atoms with Gasteiger partial charge in [-0.05, 0) is 32.2 Å². The van der Waals surface area contributed by atoms with Crippen LogP contribution in [0.25, 0.3) is 0 Å². The zero-order valence-electron chi connectivity index (χ0n) is 10.5. The number of anilines is 1. The molecule has 0 aliphatic heterocycles. The number of nitrogens with one attached hydrogen (secondary N) is 2. The van der Waals surface area contributed by atoms with Crippen molar-refractivity contribution < 1.29 is 4.79 Å². The van der Waals surface area contributed by atoms with Gasteiger partial charge in [-0.25, -0.2) is 0 Å². The number of pyridine rings is 1. The summed E-state index contributed by atoms with van der Waals surface area (Å²) in [4.78, 5) is 16.0. The van der Waals surface area contributed by atoms with Crippen LogP contribution < -0.4 is 10.6 Å². The number of carbonyl (C=O) groups is 1. The van der Waals surface area contributed by atoms with E-state index in [-0.39, 0.29) is 11.9 Å². The SMILES string of the molecule is CCNc1ccnc(C(=O)NC(C)CSC)c1. The third-order valence-electron chi connectivity index (χ3n) is 2.17. The maximum atomic E-state index is 11.9. The monoisotopic (exact) mass is 253 g/mol. The second-order valence-corrected chi connectivity index (χ2v) is 4.70. The lowest BCUT2D eigenvalue weighted by molar-refractivity contribution is 0.0939. The first-order valence-electron chi connectivity index (χ1n) is 5.67. The predicted molar refractivity (Wildman–Crippen MR) is 73.7 cm³/mol. The largest absolute Gasteiger partial charge is 0.385 e. The summed E-state index contributed by atoms with van der Waals surface area (Å²) in [5.74, 6) is 0.782. The van der Waals surface area contributed by atoms with Crippen LogP contribution >= 0.6 is 11.8 Å². The molecular formula is C12H19N3OS. The van der Waals surface area contributed by atoms with Gasteiger partial charge in [0, 0.05) is 30.2 Å². The Morgan fingerprint density at radius 3 is 3.00 bits per heavy atom. The summed E-state index contributed by atoms with van der Waals surface area (Å²) in [5, 5.41) is 6.07. The summed E-state index contributed by atoms with van der Waals surface area (Å²) in [7, 11) is 0. The standard InChI is InChI=1S/C12H19N3OS/c1-4-13-10-5-6-14-11(7-10)12(16)15-9(2)8-17-3/h5-7,9H,4,8H2,1-3H3,(H,13,14)(H,15,16). The highest BCUT2D eigenvalue weighted by Crippen LogP contribution is 2.08. The molecule has 0 bridgehead atoms. The number of rotatable bonds is 6. The number of thioether (sulfide) groups is 1. The average molecular weight is 253 g/mol. The molecule has 0 aromatic carbocycles. The highest BCUT2D eigenvalue weighted by atomic mass is 32.2. The Morgan fingerprint density at radius 1 is 1.59 bits per heavy atom. The van der Waals surface area contributed by atoms with Crippen LogP contribution in [-0.4, -0.2) is 35.5 Å². The molecule has 1 aromatic rings. The minimum absolute atomic E-state index is 0.119. The Kier molecular flexibility index (Phi) is 5.83. The molecule has 0 radical (unpaired) electrons. The topological polar surface area (TPSA) is 54.0 Å². The van der Waals surface area contributed by atoms with Gasteiger partial charge >= 0.3 is 0 Å². The molecule has 4 nitrogen and oxygen atoms in total. The van der Waals surface area contributed by atoms with Gasteiger partial charge in [0.2, 0.25) is 0 Å². The van der Waals surface area contributed by atoms with Crippen LogP contribution in [-0.2, 0) is 0 Å². The van der Waals surface area contributed by atoms with Gasteiger partial charge < -0.3 is 10.6 Å². The lowest BCUT2D eigenvalue weighted by Gasteiger charge is -2.12. The van der Waals surface area contributed by atoms with Crippen LogP contribution in [0.4, 0.5) is 5.69 Å². The van der Waals surface area contributed by atoms with E-state index in [1.54, 1.807) is 24.0 Å². The Bertz CT molecular complexity index is 371. The normalized spacial score (nSPS) is 11.9. The molecule has 0 spiro atoms. The van der Waals surface area contributed by atoms with Gasteiger partial charge in [-0.2, -0.15) is 11.8 Å². The van der Waals surface area contributed by atoms with E-state index in [1.165, 1.54) is 0 Å². The molecule has 2 N–H and O–H groups in total. The van der Waals surface area contributed by atoms with Gasteiger partial charge in [0.05, 0.1) is 0 Å². The van der Waals surface area contributed by atoms with Crippen molar-refractivity contribution in [1.29, 1.82) is 0 Å². The molecule has 0 aliphatic carbocycles. The summed E-state index contributed by atoms with van der Waals surface area (Å²) in [5.41, 5.74) is 1.38. The minimum Gasteiger partial charge on any atom is -0.385 e. The van der Waals surface area contributed by atoms with E-state index in [0.29, 0.717) is 5.69 Å². The Balaban J connectivity index is 2.65. The van der Waals surface area contributed by atoms with Gasteiger partial charge in [-0.3, -0.25) is 9.78 Å². The van der Waals surface area contributed by atoms with Crippen molar-refractivity contribution in [3.8, 4) is 0 Å². The lowest BCUT2D eigenvalue weighted by atomic mass is 10.3. The summed E-state index contributed by atoms with van der Waals surface area (Å²) in [6.07, 6.45) is 3.67. The van der Waals surface area contributed by atoms with Crippen molar-refractivity contribution in [1.82, 2.24) is 10.3 Å². The third kappa shape index (κ3) is 4.65. The fourth-order valence-electron chi connectivity index (χ4n) is 1.46. The molecule has 0 saturated carbocycles. The summed E-state index contributed by atoms with van der Waals surface area (Å²) in [6, 6.07) is 3.78. The fraction of sp³-hybridized carbons (Fsp3) is 0.500. The third-order valence-corrected chi connectivity index (χ3v) is 3.00. The van der Waals surface area contributed by atoms with Crippen molar-refractivity contribution in [2.24, 2.45) is 0 Å². The highest BCUT2D eigenvalue weighted by Gasteiger charge is 2.10. The molecule has 1 atom stereocenters. The summed E-state index contributed by atoms with van der Waals surface area (Å²) >= 11 is 1.71. The average Bonchev–Trinajstić information content (AvgIpc) is 2.30. The molecule has 1 heterocycles. The number of hydrogen-bond acceptors (Lipinski definition) is 4. The molecule has 1 aromatic heterocycles. The van der Waals surface area contributed by atoms with Crippen LogP contribution in [0.5, 0.6) is 0 Å². The minimum atomic E-state index is -0.119. The Hall–Kier alpha value is -1.23. The molecular weight excluding hydrogens is 234 g/mol. The quantitative estimate of drug-likeness (QED) is 0.814. The van der Waals surface area contributed by atoms with Gasteiger partial charge in [-0.1, -0.05) is 0 Å². The van der Waals surface area contributed by atoms with E-state index in [1.807, 2.05) is 26.2 Å². The summed E-state index contributed by atoms with van der Waals surface area (Å²) in [6.45, 7) is 4.83. The fourth-order valence-corrected chi connectivity index (χ4v) is 2.04. The van der Waals surface area contributed by atoms with Crippen LogP contribution in [0, 0.1) is 0 Å². The van der Waals surface area contributed by atoms with Crippen molar-refractivity contribution in [3.63, 3.8) is 0 Å². The molecule has 17 heavy (non-hydrogen) atoms. The van der Waals surface area contributed by atoms with Crippen LogP contribution in [0.2, 0.25) is 0 Å². The maximum Gasteiger partial charge on any atom is 0.270 e. The maximum absolute atomic E-state index is 11.9. The van der Waals surface area contributed by atoms with E-state index in [2.05, 4.69) is 15.6 Å². The van der Waals surface area contributed by atoms with Gasteiger partial charge in [-0.15, -0.1) is 0 Å². The van der Waals surface area contributed by atoms with Crippen molar-refractivity contribution >= 4 is 23.4 Å². The molecule has 1 amide bonds. The second kappa shape index (κ2) is 7.17. The predicted octanol–water partition coefficient (Wildman–Crippen LogP) is 1.99. The van der Waals surface area contributed by atoms with E-state index >= 15 is 0 Å². The molecule has 0 fully saturated rings. The Morgan fingerprint density at radius 2 is 2.35 bits per heavy atom. The van der Waals surface area contributed by atoms with Crippen molar-refractivity contribution in [3.05, 3.63) is 24.0 Å². The van der Waals surface area contributed by atoms with Crippen LogP contribution in [0.1, 0.15) is 24.3 Å². The molecule has 94 valence electrons. The first-order valence-corrected chi connectivity index (χ1v) is 7.06. The second-order valence-electron chi connectivity index (χ2n) is 3.79.